The number of halogens is 1. The van der Waals surface area contributed by atoms with Crippen LogP contribution >= 0.6 is 11.3 Å². The van der Waals surface area contributed by atoms with Crippen LogP contribution < -0.4 is 10.2 Å². The highest BCUT2D eigenvalue weighted by atomic mass is 32.1. The summed E-state index contributed by atoms with van der Waals surface area (Å²) in [7, 11) is 0. The van der Waals surface area contributed by atoms with Crippen molar-refractivity contribution < 1.29 is 9.18 Å². The van der Waals surface area contributed by atoms with E-state index in [1.165, 1.54) is 16.8 Å². The van der Waals surface area contributed by atoms with Gasteiger partial charge in [0.05, 0.1) is 16.1 Å². The van der Waals surface area contributed by atoms with E-state index in [1.807, 2.05) is 18.2 Å². The summed E-state index contributed by atoms with van der Waals surface area (Å²) in [6, 6.07) is 14.6. The van der Waals surface area contributed by atoms with E-state index in [-0.39, 0.29) is 17.6 Å². The van der Waals surface area contributed by atoms with Gasteiger partial charge < -0.3 is 10.2 Å². The Morgan fingerprint density at radius 3 is 2.85 bits per heavy atom. The Balaban J connectivity index is 1.33. The first-order chi connectivity index (χ1) is 13.2. The minimum absolute atomic E-state index is 0.0148. The molecule has 1 N–H and O–H groups in total. The zero-order valence-corrected chi connectivity index (χ0v) is 15.8. The third-order valence-corrected chi connectivity index (χ3v) is 6.07. The van der Waals surface area contributed by atoms with Crippen LogP contribution in [0.1, 0.15) is 18.4 Å². The Morgan fingerprint density at radius 1 is 1.22 bits per heavy atom. The fourth-order valence-corrected chi connectivity index (χ4v) is 4.49. The average molecular weight is 383 g/mol. The number of rotatable bonds is 5. The van der Waals surface area contributed by atoms with E-state index in [0.717, 1.165) is 35.6 Å². The van der Waals surface area contributed by atoms with Gasteiger partial charge in [-0.1, -0.05) is 35.6 Å². The Bertz CT molecular complexity index is 892. The summed E-state index contributed by atoms with van der Waals surface area (Å²) in [4.78, 5) is 19.5. The molecule has 6 heteroatoms. The van der Waals surface area contributed by atoms with Gasteiger partial charge in [-0.15, -0.1) is 0 Å². The SMILES string of the molecule is O=C(NCCc1ccc(F)cc1)[C@H]1CCCN(c2nc3ccccc3s2)C1. The first kappa shape index (κ1) is 17.9. The number of benzene rings is 2. The van der Waals surface area contributed by atoms with Crippen molar-refractivity contribution in [3.05, 3.63) is 59.9 Å². The van der Waals surface area contributed by atoms with E-state index in [2.05, 4.69) is 16.3 Å². The van der Waals surface area contributed by atoms with Gasteiger partial charge in [-0.3, -0.25) is 4.79 Å². The largest absolute Gasteiger partial charge is 0.355 e. The number of thiazole rings is 1. The van der Waals surface area contributed by atoms with Crippen LogP contribution in [0.4, 0.5) is 9.52 Å². The predicted octanol–water partition coefficient (Wildman–Crippen LogP) is 4.01. The fourth-order valence-electron chi connectivity index (χ4n) is 3.49. The summed E-state index contributed by atoms with van der Waals surface area (Å²) in [5, 5.41) is 4.04. The second-order valence-corrected chi connectivity index (χ2v) is 7.93. The van der Waals surface area contributed by atoms with E-state index >= 15 is 0 Å². The third-order valence-electron chi connectivity index (χ3n) is 4.97. The lowest BCUT2D eigenvalue weighted by Gasteiger charge is -2.31. The molecule has 27 heavy (non-hydrogen) atoms. The van der Waals surface area contributed by atoms with Crippen molar-refractivity contribution in [1.82, 2.24) is 10.3 Å². The zero-order chi connectivity index (χ0) is 18.6. The van der Waals surface area contributed by atoms with Crippen LogP contribution in [-0.4, -0.2) is 30.5 Å². The maximum atomic E-state index is 12.9. The third kappa shape index (κ3) is 4.27. The maximum Gasteiger partial charge on any atom is 0.224 e. The highest BCUT2D eigenvalue weighted by Crippen LogP contribution is 2.31. The molecule has 1 aromatic heterocycles. The number of amides is 1. The van der Waals surface area contributed by atoms with E-state index in [4.69, 9.17) is 4.98 Å². The number of nitrogens with zero attached hydrogens (tertiary/aromatic N) is 2. The van der Waals surface area contributed by atoms with Crippen molar-refractivity contribution in [2.24, 2.45) is 5.92 Å². The van der Waals surface area contributed by atoms with Crippen LogP contribution in [-0.2, 0) is 11.2 Å². The maximum absolute atomic E-state index is 12.9. The summed E-state index contributed by atoms with van der Waals surface area (Å²) < 4.78 is 14.1. The summed E-state index contributed by atoms with van der Waals surface area (Å²) >= 11 is 1.69. The number of aromatic nitrogens is 1. The zero-order valence-electron chi connectivity index (χ0n) is 15.0. The lowest BCUT2D eigenvalue weighted by Crippen LogP contribution is -2.43. The first-order valence-electron chi connectivity index (χ1n) is 9.32. The van der Waals surface area contributed by atoms with Crippen molar-refractivity contribution in [2.75, 3.05) is 24.5 Å². The van der Waals surface area contributed by atoms with Gasteiger partial charge in [-0.25, -0.2) is 9.37 Å². The van der Waals surface area contributed by atoms with Gasteiger partial charge in [0, 0.05) is 19.6 Å². The number of carbonyl (C=O) groups is 1. The molecule has 0 spiro atoms. The average Bonchev–Trinajstić information content (AvgIpc) is 3.14. The second kappa shape index (κ2) is 8.05. The smallest absolute Gasteiger partial charge is 0.224 e. The lowest BCUT2D eigenvalue weighted by atomic mass is 9.97. The van der Waals surface area contributed by atoms with Crippen LogP contribution in [0.2, 0.25) is 0 Å². The molecule has 2 heterocycles. The van der Waals surface area contributed by atoms with Crippen LogP contribution in [0.15, 0.2) is 48.5 Å². The highest BCUT2D eigenvalue weighted by Gasteiger charge is 2.27. The molecule has 0 bridgehead atoms. The van der Waals surface area contributed by atoms with Crippen LogP contribution in [0.25, 0.3) is 10.2 Å². The molecule has 1 atom stereocenters. The van der Waals surface area contributed by atoms with Gasteiger partial charge in [0.2, 0.25) is 5.91 Å². The molecule has 1 aliphatic rings. The highest BCUT2D eigenvalue weighted by molar-refractivity contribution is 7.22. The second-order valence-electron chi connectivity index (χ2n) is 6.92. The van der Waals surface area contributed by atoms with E-state index in [9.17, 15) is 9.18 Å². The van der Waals surface area contributed by atoms with Crippen LogP contribution in [0.3, 0.4) is 0 Å². The van der Waals surface area contributed by atoms with Gasteiger partial charge >= 0.3 is 0 Å². The fraction of sp³-hybridized carbons (Fsp3) is 0.333. The molecule has 0 aliphatic carbocycles. The molecule has 1 saturated heterocycles. The molecule has 140 valence electrons. The van der Waals surface area contributed by atoms with Gasteiger partial charge in [0.25, 0.3) is 0 Å². The van der Waals surface area contributed by atoms with Gasteiger partial charge in [0.15, 0.2) is 5.13 Å². The van der Waals surface area contributed by atoms with Crippen LogP contribution in [0, 0.1) is 11.7 Å². The van der Waals surface area contributed by atoms with Gasteiger partial charge in [-0.2, -0.15) is 0 Å². The first-order valence-corrected chi connectivity index (χ1v) is 10.1. The topological polar surface area (TPSA) is 45.2 Å². The number of piperidine rings is 1. The number of para-hydroxylation sites is 1. The Morgan fingerprint density at radius 2 is 2.04 bits per heavy atom. The monoisotopic (exact) mass is 383 g/mol. The molecule has 0 unspecified atom stereocenters. The molecule has 0 saturated carbocycles. The van der Waals surface area contributed by atoms with Crippen molar-refractivity contribution in [3.63, 3.8) is 0 Å². The number of anilines is 1. The van der Waals surface area contributed by atoms with E-state index in [0.29, 0.717) is 19.5 Å². The standard InChI is InChI=1S/C21H22FN3OS/c22-17-9-7-15(8-10-17)11-12-23-20(26)16-4-3-13-25(14-16)21-24-18-5-1-2-6-19(18)27-21/h1-2,5-10,16H,3-4,11-14H2,(H,23,26)/t16-/m0/s1. The normalized spacial score (nSPS) is 17.2. The minimum atomic E-state index is -0.236. The quantitative estimate of drug-likeness (QED) is 0.724. The number of hydrogen-bond donors (Lipinski definition) is 1. The molecule has 1 aliphatic heterocycles. The van der Waals surface area contributed by atoms with Crippen molar-refractivity contribution in [1.29, 1.82) is 0 Å². The number of hydrogen-bond acceptors (Lipinski definition) is 4. The Kier molecular flexibility index (Phi) is 5.34. The van der Waals surface area contributed by atoms with Crippen molar-refractivity contribution in [3.8, 4) is 0 Å². The molecule has 4 nitrogen and oxygen atoms in total. The number of nitrogens with one attached hydrogen (secondary N) is 1. The molecular formula is C21H22FN3OS. The number of carbonyl (C=O) groups excluding carboxylic acids is 1. The Hall–Kier alpha value is -2.47. The van der Waals surface area contributed by atoms with E-state index in [1.54, 1.807) is 23.5 Å². The summed E-state index contributed by atoms with van der Waals surface area (Å²) in [5.41, 5.74) is 2.04. The molecule has 3 aromatic rings. The Labute approximate surface area is 162 Å². The molecule has 4 rings (SSSR count). The molecule has 1 fully saturated rings. The van der Waals surface area contributed by atoms with Crippen molar-refractivity contribution in [2.45, 2.75) is 19.3 Å². The van der Waals surface area contributed by atoms with Gasteiger partial charge in [-0.05, 0) is 49.1 Å². The van der Waals surface area contributed by atoms with Crippen molar-refractivity contribution >= 4 is 32.6 Å². The van der Waals surface area contributed by atoms with E-state index < -0.39 is 0 Å². The molecular weight excluding hydrogens is 361 g/mol. The summed E-state index contributed by atoms with van der Waals surface area (Å²) in [6.45, 7) is 2.23. The molecule has 1 amide bonds. The lowest BCUT2D eigenvalue weighted by molar-refractivity contribution is -0.125. The minimum Gasteiger partial charge on any atom is -0.355 e. The molecule has 2 aromatic carbocycles. The van der Waals surface area contributed by atoms with Crippen LogP contribution in [0.5, 0.6) is 0 Å². The summed E-state index contributed by atoms with van der Waals surface area (Å²) in [5.74, 6) is -0.151. The van der Waals surface area contributed by atoms with Gasteiger partial charge in [0.1, 0.15) is 5.82 Å². The summed E-state index contributed by atoms with van der Waals surface area (Å²) in [6.07, 6.45) is 2.61. The predicted molar refractivity (Wildman–Crippen MR) is 108 cm³/mol. The number of fused-ring (bicyclic) bond motifs is 1. The molecule has 0 radical (unpaired) electrons.